The lowest BCUT2D eigenvalue weighted by Crippen LogP contribution is -2.29. The summed E-state index contributed by atoms with van der Waals surface area (Å²) >= 11 is 1.56. The summed E-state index contributed by atoms with van der Waals surface area (Å²) in [4.78, 5) is 27.5. The van der Waals surface area contributed by atoms with E-state index in [1.54, 1.807) is 23.5 Å². The molecular formula is C27H34F2N4O2S. The summed E-state index contributed by atoms with van der Waals surface area (Å²) in [7, 11) is 0. The van der Waals surface area contributed by atoms with E-state index in [4.69, 9.17) is 4.74 Å². The number of aryl methyl sites for hydroxylation is 1. The molecule has 194 valence electrons. The standard InChI is InChI=1S/C27H34F2N4O2S/c1-19-31-23(18-36-19)7-8-26(34)30-16-21-4-2-20(3-5-21)10-13-33-14-11-22-6-9-27(35-17-25(28)29)32-24(22)12-15-33/h6-9,16,18,20-21,25H,2-5,10-15,17H2,1H3/b8-7+,30-16?. The molecular weight excluding hydrogens is 482 g/mol. The number of carbonyl (C=O) groups is 1. The molecule has 9 heteroatoms. The molecule has 36 heavy (non-hydrogen) atoms. The summed E-state index contributed by atoms with van der Waals surface area (Å²) in [5.74, 6) is 1.14. The zero-order chi connectivity index (χ0) is 25.3. The van der Waals surface area contributed by atoms with Crippen LogP contribution in [-0.2, 0) is 17.6 Å². The maximum absolute atomic E-state index is 12.4. The predicted octanol–water partition coefficient (Wildman–Crippen LogP) is 5.40. The molecule has 0 aromatic carbocycles. The molecule has 0 N–H and O–H groups in total. The van der Waals surface area contributed by atoms with Gasteiger partial charge in [-0.3, -0.25) is 4.79 Å². The van der Waals surface area contributed by atoms with Crippen LogP contribution in [0.3, 0.4) is 0 Å². The van der Waals surface area contributed by atoms with Crippen molar-refractivity contribution < 1.29 is 18.3 Å². The predicted molar refractivity (Wildman–Crippen MR) is 139 cm³/mol. The Balaban J connectivity index is 1.15. The van der Waals surface area contributed by atoms with Gasteiger partial charge in [0.05, 0.1) is 10.7 Å². The highest BCUT2D eigenvalue weighted by Crippen LogP contribution is 2.30. The number of carbonyl (C=O) groups excluding carboxylic acids is 1. The van der Waals surface area contributed by atoms with Gasteiger partial charge in [-0.15, -0.1) is 11.3 Å². The lowest BCUT2D eigenvalue weighted by molar-refractivity contribution is -0.113. The van der Waals surface area contributed by atoms with Crippen LogP contribution in [0.5, 0.6) is 5.88 Å². The first kappa shape index (κ1) is 26.5. The Morgan fingerprint density at radius 1 is 1.22 bits per heavy atom. The lowest BCUT2D eigenvalue weighted by Gasteiger charge is -2.28. The van der Waals surface area contributed by atoms with Gasteiger partial charge in [-0.05, 0) is 75.5 Å². The molecule has 1 aliphatic heterocycles. The molecule has 4 rings (SSSR count). The molecule has 1 fully saturated rings. The van der Waals surface area contributed by atoms with Gasteiger partial charge in [0.15, 0.2) is 6.61 Å². The second-order valence-corrected chi connectivity index (χ2v) is 10.7. The van der Waals surface area contributed by atoms with Crippen LogP contribution in [-0.4, -0.2) is 59.7 Å². The van der Waals surface area contributed by atoms with Crippen LogP contribution in [0.15, 0.2) is 28.6 Å². The van der Waals surface area contributed by atoms with Crippen LogP contribution in [0.4, 0.5) is 8.78 Å². The van der Waals surface area contributed by atoms with Gasteiger partial charge >= 0.3 is 0 Å². The Hall–Kier alpha value is -2.52. The van der Waals surface area contributed by atoms with Gasteiger partial charge in [-0.1, -0.05) is 6.07 Å². The number of nitrogens with zero attached hydrogens (tertiary/aromatic N) is 4. The van der Waals surface area contributed by atoms with Gasteiger partial charge < -0.3 is 9.64 Å². The Labute approximate surface area is 215 Å². The van der Waals surface area contributed by atoms with E-state index in [1.165, 1.54) is 30.9 Å². The van der Waals surface area contributed by atoms with Crippen LogP contribution >= 0.6 is 11.3 Å². The highest BCUT2D eigenvalue weighted by atomic mass is 32.1. The van der Waals surface area contributed by atoms with E-state index >= 15 is 0 Å². The first-order valence-electron chi connectivity index (χ1n) is 12.7. The molecule has 1 saturated carbocycles. The third-order valence-electron chi connectivity index (χ3n) is 6.95. The summed E-state index contributed by atoms with van der Waals surface area (Å²) in [6.45, 7) is 4.30. The van der Waals surface area contributed by atoms with E-state index in [0.717, 1.165) is 61.7 Å². The number of pyridine rings is 1. The Kier molecular flexibility index (Phi) is 9.69. The second kappa shape index (κ2) is 13.1. The van der Waals surface area contributed by atoms with Gasteiger partial charge in [0.2, 0.25) is 5.88 Å². The fraction of sp³-hybridized carbons (Fsp3) is 0.556. The molecule has 0 spiro atoms. The van der Waals surface area contributed by atoms with E-state index in [9.17, 15) is 13.6 Å². The number of thiazole rings is 1. The SMILES string of the molecule is Cc1nc(/C=C/C(=O)N=CC2CCC(CCN3CCc4ccc(OCC(F)F)nc4CC3)CC2)cs1. The number of halogens is 2. The number of hydrogen-bond donors (Lipinski definition) is 0. The lowest BCUT2D eigenvalue weighted by atomic mass is 9.81. The summed E-state index contributed by atoms with van der Waals surface area (Å²) < 4.78 is 29.9. The van der Waals surface area contributed by atoms with Crippen LogP contribution in [0.2, 0.25) is 0 Å². The number of rotatable bonds is 9. The number of ether oxygens (including phenoxy) is 1. The zero-order valence-corrected chi connectivity index (χ0v) is 21.6. The van der Waals surface area contributed by atoms with Crippen LogP contribution < -0.4 is 4.74 Å². The highest BCUT2D eigenvalue weighted by molar-refractivity contribution is 7.09. The van der Waals surface area contributed by atoms with Gasteiger partial charge in [0.1, 0.15) is 0 Å². The van der Waals surface area contributed by atoms with Crippen molar-refractivity contribution in [3.8, 4) is 5.88 Å². The van der Waals surface area contributed by atoms with Crippen molar-refractivity contribution in [2.75, 3.05) is 26.2 Å². The number of fused-ring (bicyclic) bond motifs is 1. The molecule has 3 heterocycles. The van der Waals surface area contributed by atoms with E-state index in [0.29, 0.717) is 11.8 Å². The third-order valence-corrected chi connectivity index (χ3v) is 7.75. The molecule has 0 unspecified atom stereocenters. The number of aliphatic imine (C=N–C) groups is 1. The van der Waals surface area contributed by atoms with Gasteiger partial charge in [-0.2, -0.15) is 0 Å². The van der Waals surface area contributed by atoms with E-state index < -0.39 is 13.0 Å². The molecule has 2 aromatic heterocycles. The summed E-state index contributed by atoms with van der Waals surface area (Å²) in [5, 5.41) is 2.91. The molecule has 0 bridgehead atoms. The zero-order valence-electron chi connectivity index (χ0n) is 20.7. The number of hydrogen-bond acceptors (Lipinski definition) is 6. The van der Waals surface area contributed by atoms with Crippen LogP contribution in [0.25, 0.3) is 6.08 Å². The minimum absolute atomic E-state index is 0.230. The quantitative estimate of drug-likeness (QED) is 0.330. The minimum atomic E-state index is -2.49. The fourth-order valence-corrected chi connectivity index (χ4v) is 5.47. The summed E-state index contributed by atoms with van der Waals surface area (Å²) in [6, 6.07) is 3.67. The number of amides is 1. The molecule has 2 aliphatic rings. The van der Waals surface area contributed by atoms with Crippen molar-refractivity contribution in [1.29, 1.82) is 0 Å². The average molecular weight is 517 g/mol. The van der Waals surface area contributed by atoms with Crippen LogP contribution in [0.1, 0.15) is 54.1 Å². The molecule has 1 amide bonds. The monoisotopic (exact) mass is 516 g/mol. The average Bonchev–Trinajstić information content (AvgIpc) is 3.19. The van der Waals surface area contributed by atoms with E-state index in [2.05, 4.69) is 19.9 Å². The third kappa shape index (κ3) is 8.27. The summed E-state index contributed by atoms with van der Waals surface area (Å²) in [6.07, 6.45) is 9.95. The fourth-order valence-electron chi connectivity index (χ4n) is 4.89. The van der Waals surface area contributed by atoms with Gasteiger partial charge in [0, 0.05) is 48.9 Å². The van der Waals surface area contributed by atoms with Gasteiger partial charge in [-0.25, -0.2) is 23.7 Å². The molecule has 6 nitrogen and oxygen atoms in total. The minimum Gasteiger partial charge on any atom is -0.472 e. The second-order valence-electron chi connectivity index (χ2n) is 9.61. The van der Waals surface area contributed by atoms with Crippen molar-refractivity contribution in [2.45, 2.75) is 58.3 Å². The molecule has 0 atom stereocenters. The Bertz CT molecular complexity index is 1060. The first-order valence-corrected chi connectivity index (χ1v) is 13.6. The van der Waals surface area contributed by atoms with Crippen molar-refractivity contribution in [1.82, 2.24) is 14.9 Å². The molecule has 0 radical (unpaired) electrons. The summed E-state index contributed by atoms with van der Waals surface area (Å²) in [5.41, 5.74) is 2.96. The highest BCUT2D eigenvalue weighted by Gasteiger charge is 2.22. The number of aromatic nitrogens is 2. The Morgan fingerprint density at radius 2 is 2.03 bits per heavy atom. The molecule has 0 saturated heterocycles. The topological polar surface area (TPSA) is 67.7 Å². The molecule has 1 aliphatic carbocycles. The Morgan fingerprint density at radius 3 is 2.78 bits per heavy atom. The van der Waals surface area contributed by atoms with Crippen molar-refractivity contribution >= 4 is 29.5 Å². The van der Waals surface area contributed by atoms with Crippen molar-refractivity contribution in [3.63, 3.8) is 0 Å². The van der Waals surface area contributed by atoms with Crippen molar-refractivity contribution in [2.24, 2.45) is 16.8 Å². The maximum atomic E-state index is 12.4. The van der Waals surface area contributed by atoms with Gasteiger partial charge in [0.25, 0.3) is 12.3 Å². The first-order chi connectivity index (χ1) is 17.4. The number of alkyl halides is 2. The maximum Gasteiger partial charge on any atom is 0.272 e. The van der Waals surface area contributed by atoms with E-state index in [1.807, 2.05) is 24.6 Å². The van der Waals surface area contributed by atoms with E-state index in [-0.39, 0.29) is 11.8 Å². The molecule has 2 aromatic rings. The largest absolute Gasteiger partial charge is 0.472 e. The smallest absolute Gasteiger partial charge is 0.272 e. The van der Waals surface area contributed by atoms with Crippen molar-refractivity contribution in [3.05, 3.63) is 45.5 Å². The van der Waals surface area contributed by atoms with Crippen LogP contribution in [0, 0.1) is 18.8 Å². The normalized spacial score (nSPS) is 21.2.